The van der Waals surface area contributed by atoms with Crippen LogP contribution in [0.25, 0.3) is 33.7 Å². The van der Waals surface area contributed by atoms with Crippen LogP contribution < -0.4 is 26.4 Å². The van der Waals surface area contributed by atoms with Crippen LogP contribution in [0.5, 0.6) is 0 Å². The summed E-state index contributed by atoms with van der Waals surface area (Å²) in [5, 5.41) is 0. The largest absolute Gasteiger partial charge is 0.448 e. The molecule has 0 aliphatic carbocycles. The highest BCUT2D eigenvalue weighted by molar-refractivity contribution is 6.99. The summed E-state index contributed by atoms with van der Waals surface area (Å²) in [5.74, 6) is 1.43. The van der Waals surface area contributed by atoms with Crippen LogP contribution in [-0.4, -0.2) is 11.7 Å². The van der Waals surface area contributed by atoms with Gasteiger partial charge in [-0.05, 0) is 108 Å². The van der Waals surface area contributed by atoms with Crippen LogP contribution in [0.3, 0.4) is 0 Å². The number of nitrogens with zero attached hydrogens (tertiary/aromatic N) is 3. The van der Waals surface area contributed by atoms with Gasteiger partial charge >= 0.3 is 0 Å². The molecule has 0 spiro atoms. The van der Waals surface area contributed by atoms with Crippen molar-refractivity contribution in [2.24, 2.45) is 0 Å². The molecule has 10 rings (SSSR count). The maximum absolute atomic E-state index is 7.41. The van der Waals surface area contributed by atoms with Gasteiger partial charge in [0.05, 0.1) is 5.69 Å². The summed E-state index contributed by atoms with van der Waals surface area (Å²) in [6.07, 6.45) is 0. The Hall–Kier alpha value is -6.59. The lowest BCUT2D eigenvalue weighted by Crippen LogP contribution is -2.61. The molecule has 7 aromatic carbocycles. The average molecular weight is 864 g/mol. The maximum atomic E-state index is 7.41. The molecule has 2 aliphatic rings. The van der Waals surface area contributed by atoms with Crippen molar-refractivity contribution in [3.05, 3.63) is 180 Å². The summed E-state index contributed by atoms with van der Waals surface area (Å²) in [5.41, 5.74) is 19.2. The lowest BCUT2D eigenvalue weighted by atomic mass is 9.35. The van der Waals surface area contributed by atoms with E-state index in [-0.39, 0.29) is 28.4 Å². The summed E-state index contributed by atoms with van der Waals surface area (Å²) in [6.45, 7) is 27.3. The van der Waals surface area contributed by atoms with E-state index < -0.39 is 0 Å². The fraction of sp³-hybridized carbons (Fsp3) is 0.262. The number of hydrogen-bond donors (Lipinski definition) is 0. The molecule has 0 saturated heterocycles. The van der Waals surface area contributed by atoms with Crippen molar-refractivity contribution >= 4 is 57.6 Å². The second kappa shape index (κ2) is 15.5. The Morgan fingerprint density at radius 3 is 1.42 bits per heavy atom. The summed E-state index contributed by atoms with van der Waals surface area (Å²) in [4.78, 5) is 10.7. The van der Waals surface area contributed by atoms with Gasteiger partial charge < -0.3 is 9.32 Å². The van der Waals surface area contributed by atoms with E-state index in [1.54, 1.807) is 0 Å². The van der Waals surface area contributed by atoms with Crippen LogP contribution >= 0.6 is 0 Å². The van der Waals surface area contributed by atoms with Crippen LogP contribution in [0.4, 0.5) is 34.3 Å². The number of oxazole rings is 1. The van der Waals surface area contributed by atoms with Crippen molar-refractivity contribution in [3.63, 3.8) is 0 Å². The minimum Gasteiger partial charge on any atom is -0.448 e. The van der Waals surface area contributed by atoms with E-state index in [1.165, 1.54) is 33.2 Å². The van der Waals surface area contributed by atoms with Gasteiger partial charge in [-0.15, -0.1) is 0 Å². The van der Waals surface area contributed by atoms with Crippen molar-refractivity contribution in [2.45, 2.75) is 105 Å². The molecule has 8 aromatic rings. The van der Waals surface area contributed by atoms with Gasteiger partial charge in [0, 0.05) is 39.4 Å². The third kappa shape index (κ3) is 7.47. The number of aromatic nitrogens is 1. The molecule has 0 fully saturated rings. The topological polar surface area (TPSA) is 32.5 Å². The molecule has 0 saturated carbocycles. The SMILES string of the molecule is CC(C)(C)c1ccc(-c2nc3c(o2)B2c4cc(C(C)(C)C)ccc4N(c4ccc(C(C)(C)C)cc4)c4cc(C(C)(C)C)cc(c42)N3c2c(-c3ccccc3)cccc2-c2ccccc2)cc1. The summed E-state index contributed by atoms with van der Waals surface area (Å²) >= 11 is 0. The minimum absolute atomic E-state index is 0.0124. The van der Waals surface area contributed by atoms with Gasteiger partial charge in [0.15, 0.2) is 5.82 Å². The maximum Gasteiger partial charge on any atom is 0.299 e. The Labute approximate surface area is 393 Å². The predicted molar refractivity (Wildman–Crippen MR) is 282 cm³/mol. The first kappa shape index (κ1) is 43.3. The Balaban J connectivity index is 1.35. The van der Waals surface area contributed by atoms with Crippen molar-refractivity contribution < 1.29 is 4.42 Å². The van der Waals surface area contributed by atoms with Crippen LogP contribution in [0.1, 0.15) is 105 Å². The molecule has 0 unspecified atom stereocenters. The first-order chi connectivity index (χ1) is 31.3. The first-order valence-corrected chi connectivity index (χ1v) is 23.7. The fourth-order valence-electron chi connectivity index (χ4n) is 9.86. The van der Waals surface area contributed by atoms with E-state index in [2.05, 4.69) is 251 Å². The lowest BCUT2D eigenvalue weighted by molar-refractivity contribution is 0.588. The van der Waals surface area contributed by atoms with Crippen LogP contribution in [0, 0.1) is 0 Å². The zero-order valence-electron chi connectivity index (χ0n) is 40.8. The number of anilines is 6. The molecular weight excluding hydrogens is 802 g/mol. The zero-order valence-corrected chi connectivity index (χ0v) is 40.8. The molecule has 3 heterocycles. The van der Waals surface area contributed by atoms with E-state index in [4.69, 9.17) is 9.40 Å². The normalized spacial score (nSPS) is 13.7. The molecule has 0 atom stereocenters. The summed E-state index contributed by atoms with van der Waals surface area (Å²) in [7, 11) is 0. The van der Waals surface area contributed by atoms with E-state index >= 15 is 0 Å². The highest BCUT2D eigenvalue weighted by Crippen LogP contribution is 2.51. The number of hydrogen-bond acceptors (Lipinski definition) is 4. The molecule has 5 heteroatoms. The van der Waals surface area contributed by atoms with Gasteiger partial charge in [-0.1, -0.05) is 198 Å². The Morgan fingerprint density at radius 1 is 0.424 bits per heavy atom. The fourth-order valence-corrected chi connectivity index (χ4v) is 9.86. The van der Waals surface area contributed by atoms with Gasteiger partial charge in [0.25, 0.3) is 6.71 Å². The molecule has 0 radical (unpaired) electrons. The second-order valence-corrected chi connectivity index (χ2v) is 22.6. The highest BCUT2D eigenvalue weighted by atomic mass is 16.4. The Morgan fingerprint density at radius 2 is 0.909 bits per heavy atom. The Bertz CT molecular complexity index is 3040. The molecule has 66 heavy (non-hydrogen) atoms. The smallest absolute Gasteiger partial charge is 0.299 e. The molecule has 0 amide bonds. The quantitative estimate of drug-likeness (QED) is 0.161. The van der Waals surface area contributed by atoms with E-state index in [0.717, 1.165) is 67.7 Å². The molecule has 330 valence electrons. The number of para-hydroxylation sites is 1. The Kier molecular flexibility index (Phi) is 10.2. The van der Waals surface area contributed by atoms with Gasteiger partial charge in [-0.3, -0.25) is 4.90 Å². The van der Waals surface area contributed by atoms with Gasteiger partial charge in [0.2, 0.25) is 5.89 Å². The molecule has 0 bridgehead atoms. The summed E-state index contributed by atoms with van der Waals surface area (Å²) < 4.78 is 7.41. The van der Waals surface area contributed by atoms with Gasteiger partial charge in [-0.2, -0.15) is 4.98 Å². The monoisotopic (exact) mass is 863 g/mol. The first-order valence-electron chi connectivity index (χ1n) is 23.7. The number of fused-ring (bicyclic) bond motifs is 4. The molecule has 1 aromatic heterocycles. The molecule has 0 N–H and O–H groups in total. The standard InChI is InChI=1S/C61H62BN3O/c1-58(2,3)42-28-26-41(27-29-42)57-63-56-55(66-57)62-49-36-44(60(7,8)9)32-35-50(49)64(46-33-30-43(31-34-46)59(4,5)6)51-37-45(61(10,11)12)38-52(53(51)62)65(56)54-47(39-20-15-13-16-21-39)24-19-25-48(54)40-22-17-14-18-23-40/h13-38H,1-12H3. The van der Waals surface area contributed by atoms with Gasteiger partial charge in [-0.25, -0.2) is 0 Å². The van der Waals surface area contributed by atoms with Crippen molar-refractivity contribution in [3.8, 4) is 33.7 Å². The number of benzene rings is 7. The molecule has 4 nitrogen and oxygen atoms in total. The van der Waals surface area contributed by atoms with Crippen LogP contribution in [0.15, 0.2) is 162 Å². The average Bonchev–Trinajstić information content (AvgIpc) is 3.73. The highest BCUT2D eigenvalue weighted by Gasteiger charge is 2.48. The van der Waals surface area contributed by atoms with Crippen LogP contribution in [-0.2, 0) is 21.7 Å². The summed E-state index contributed by atoms with van der Waals surface area (Å²) in [6, 6.07) is 58.5. The molecular formula is C61H62BN3O. The van der Waals surface area contributed by atoms with Crippen molar-refractivity contribution in [1.29, 1.82) is 0 Å². The second-order valence-electron chi connectivity index (χ2n) is 22.6. The molecule has 2 aliphatic heterocycles. The van der Waals surface area contributed by atoms with Gasteiger partial charge in [0.1, 0.15) is 5.66 Å². The zero-order chi connectivity index (χ0) is 46.5. The van der Waals surface area contributed by atoms with E-state index in [1.807, 2.05) is 0 Å². The van der Waals surface area contributed by atoms with E-state index in [9.17, 15) is 0 Å². The van der Waals surface area contributed by atoms with Crippen molar-refractivity contribution in [2.75, 3.05) is 9.80 Å². The third-order valence-electron chi connectivity index (χ3n) is 13.7. The third-order valence-corrected chi connectivity index (χ3v) is 13.7. The van der Waals surface area contributed by atoms with Crippen molar-refractivity contribution in [1.82, 2.24) is 4.98 Å². The lowest BCUT2D eigenvalue weighted by Gasteiger charge is -2.44. The number of rotatable bonds is 5. The van der Waals surface area contributed by atoms with E-state index in [0.29, 0.717) is 5.89 Å². The predicted octanol–water partition coefficient (Wildman–Crippen LogP) is 14.9. The van der Waals surface area contributed by atoms with Crippen LogP contribution in [0.2, 0.25) is 0 Å². The minimum atomic E-state index is -0.239.